The monoisotopic (exact) mass is 425 g/mol. The van der Waals surface area contributed by atoms with E-state index in [4.69, 9.17) is 0 Å². The van der Waals surface area contributed by atoms with Gasteiger partial charge in [-0.3, -0.25) is 14.6 Å². The Kier molecular flexibility index (Phi) is 6.33. The fraction of sp³-hybridized carbons (Fsp3) is 0.321. The van der Waals surface area contributed by atoms with Crippen LogP contribution in [0.5, 0.6) is 0 Å². The van der Waals surface area contributed by atoms with Crippen LogP contribution in [-0.4, -0.2) is 47.9 Å². The van der Waals surface area contributed by atoms with E-state index in [0.717, 1.165) is 44.6 Å². The number of hydrogen-bond acceptors (Lipinski definition) is 3. The largest absolute Gasteiger partial charge is 0.352 e. The van der Waals surface area contributed by atoms with Gasteiger partial charge in [0.2, 0.25) is 5.91 Å². The highest BCUT2D eigenvalue weighted by atomic mass is 16.2. The Balaban J connectivity index is 1.35. The third-order valence-electron chi connectivity index (χ3n) is 6.60. The second kappa shape index (κ2) is 9.68. The summed E-state index contributed by atoms with van der Waals surface area (Å²) in [4.78, 5) is 18.1. The number of carbonyl (C=O) groups excluding carboxylic acids is 1. The Morgan fingerprint density at radius 3 is 1.56 bits per heavy atom. The summed E-state index contributed by atoms with van der Waals surface area (Å²) in [5.41, 5.74) is 3.72. The molecule has 1 N–H and O–H groups in total. The fourth-order valence-electron chi connectivity index (χ4n) is 4.81. The molecule has 1 saturated carbocycles. The molecule has 1 saturated heterocycles. The third kappa shape index (κ3) is 4.77. The molecule has 32 heavy (non-hydrogen) atoms. The second-order valence-electron chi connectivity index (χ2n) is 8.89. The quantitative estimate of drug-likeness (QED) is 0.609. The predicted molar refractivity (Wildman–Crippen MR) is 128 cm³/mol. The molecule has 2 fully saturated rings. The molecule has 0 aromatic heterocycles. The molecule has 3 aromatic rings. The van der Waals surface area contributed by atoms with Gasteiger partial charge in [-0.15, -0.1) is 0 Å². The highest BCUT2D eigenvalue weighted by molar-refractivity contribution is 5.83. The maximum atomic E-state index is 13.2. The molecular formula is C28H31N3O. The summed E-state index contributed by atoms with van der Waals surface area (Å²) < 4.78 is 0. The van der Waals surface area contributed by atoms with Gasteiger partial charge in [-0.2, -0.15) is 0 Å². The van der Waals surface area contributed by atoms with Crippen LogP contribution in [0, 0.1) is 0 Å². The summed E-state index contributed by atoms with van der Waals surface area (Å²) in [7, 11) is 0. The summed E-state index contributed by atoms with van der Waals surface area (Å²) in [6.07, 6.45) is 2.22. The lowest BCUT2D eigenvalue weighted by Gasteiger charge is -2.42. The van der Waals surface area contributed by atoms with Gasteiger partial charge >= 0.3 is 0 Å². The maximum absolute atomic E-state index is 13.2. The third-order valence-corrected chi connectivity index (χ3v) is 6.60. The number of nitrogens with zero attached hydrogens (tertiary/aromatic N) is 2. The van der Waals surface area contributed by atoms with Crippen LogP contribution in [0.15, 0.2) is 91.0 Å². The first-order valence-corrected chi connectivity index (χ1v) is 11.7. The fourth-order valence-corrected chi connectivity index (χ4v) is 4.81. The van der Waals surface area contributed by atoms with Crippen LogP contribution in [0.1, 0.15) is 41.6 Å². The van der Waals surface area contributed by atoms with Crippen molar-refractivity contribution >= 4 is 5.91 Å². The zero-order valence-corrected chi connectivity index (χ0v) is 18.4. The molecule has 164 valence electrons. The van der Waals surface area contributed by atoms with E-state index in [1.807, 2.05) is 18.2 Å². The second-order valence-corrected chi connectivity index (χ2v) is 8.89. The lowest BCUT2D eigenvalue weighted by atomic mass is 9.96. The van der Waals surface area contributed by atoms with Crippen LogP contribution in [0.3, 0.4) is 0 Å². The van der Waals surface area contributed by atoms with Gasteiger partial charge in [0.05, 0.1) is 6.04 Å². The zero-order valence-electron chi connectivity index (χ0n) is 18.4. The normalized spacial score (nSPS) is 18.4. The van der Waals surface area contributed by atoms with Gasteiger partial charge in [0, 0.05) is 32.2 Å². The van der Waals surface area contributed by atoms with Crippen molar-refractivity contribution in [3.05, 3.63) is 108 Å². The molecule has 1 heterocycles. The Morgan fingerprint density at radius 2 is 1.09 bits per heavy atom. The number of benzene rings is 3. The first kappa shape index (κ1) is 20.9. The van der Waals surface area contributed by atoms with E-state index in [9.17, 15) is 4.79 Å². The van der Waals surface area contributed by atoms with Crippen LogP contribution < -0.4 is 5.32 Å². The molecule has 0 bridgehead atoms. The Hall–Kier alpha value is -2.95. The molecule has 4 heteroatoms. The van der Waals surface area contributed by atoms with Gasteiger partial charge in [-0.25, -0.2) is 0 Å². The van der Waals surface area contributed by atoms with Crippen molar-refractivity contribution in [3.8, 4) is 0 Å². The molecule has 3 aromatic carbocycles. The number of carbonyl (C=O) groups is 1. The van der Waals surface area contributed by atoms with Crippen LogP contribution in [-0.2, 0) is 4.79 Å². The van der Waals surface area contributed by atoms with Crippen molar-refractivity contribution in [1.82, 2.24) is 15.1 Å². The molecule has 5 rings (SSSR count). The van der Waals surface area contributed by atoms with Gasteiger partial charge < -0.3 is 5.32 Å². The van der Waals surface area contributed by atoms with E-state index in [0.29, 0.717) is 6.04 Å². The van der Waals surface area contributed by atoms with E-state index in [-0.39, 0.29) is 18.0 Å². The first-order chi connectivity index (χ1) is 15.8. The smallest absolute Gasteiger partial charge is 0.242 e. The Labute approximate surface area is 190 Å². The van der Waals surface area contributed by atoms with Gasteiger partial charge in [0.15, 0.2) is 0 Å². The molecule has 1 amide bonds. The van der Waals surface area contributed by atoms with Crippen LogP contribution in [0.25, 0.3) is 0 Å². The number of piperazine rings is 1. The summed E-state index contributed by atoms with van der Waals surface area (Å²) in [6.45, 7) is 3.59. The minimum Gasteiger partial charge on any atom is -0.352 e. The van der Waals surface area contributed by atoms with E-state index in [1.165, 1.54) is 11.1 Å². The SMILES string of the molecule is O=C(NC1CC1)C(c1ccccc1)N1CCN(C(c2ccccc2)c2ccccc2)CC1. The summed E-state index contributed by atoms with van der Waals surface area (Å²) in [5, 5.41) is 3.24. The summed E-state index contributed by atoms with van der Waals surface area (Å²) in [5.74, 6) is 0.148. The van der Waals surface area contributed by atoms with Gasteiger partial charge in [0.25, 0.3) is 0 Å². The Bertz CT molecular complexity index is 957. The lowest BCUT2D eigenvalue weighted by molar-refractivity contribution is -0.127. The highest BCUT2D eigenvalue weighted by Gasteiger charge is 2.35. The minimum atomic E-state index is -0.217. The van der Waals surface area contributed by atoms with Gasteiger partial charge in [-0.1, -0.05) is 91.0 Å². The molecule has 1 unspecified atom stereocenters. The van der Waals surface area contributed by atoms with Crippen molar-refractivity contribution in [2.45, 2.75) is 31.0 Å². The lowest BCUT2D eigenvalue weighted by Crippen LogP contribution is -2.52. The Morgan fingerprint density at radius 1 is 0.656 bits per heavy atom. The number of hydrogen-bond donors (Lipinski definition) is 1. The predicted octanol–water partition coefficient (Wildman–Crippen LogP) is 4.41. The highest BCUT2D eigenvalue weighted by Crippen LogP contribution is 2.32. The average molecular weight is 426 g/mol. The van der Waals surface area contributed by atoms with Gasteiger partial charge in [-0.05, 0) is 29.5 Å². The van der Waals surface area contributed by atoms with Crippen LogP contribution in [0.4, 0.5) is 0 Å². The van der Waals surface area contributed by atoms with Crippen molar-refractivity contribution in [1.29, 1.82) is 0 Å². The van der Waals surface area contributed by atoms with E-state index < -0.39 is 0 Å². The standard InChI is InChI=1S/C28H31N3O/c32-28(29-25-16-17-25)27(24-14-8-3-9-15-24)31-20-18-30(19-21-31)26(22-10-4-1-5-11-22)23-12-6-2-7-13-23/h1-15,25-27H,16-21H2,(H,29,32). The molecule has 1 aliphatic heterocycles. The number of nitrogens with one attached hydrogen (secondary N) is 1. The molecule has 0 radical (unpaired) electrons. The van der Waals surface area contributed by atoms with Crippen molar-refractivity contribution in [2.75, 3.05) is 26.2 Å². The topological polar surface area (TPSA) is 35.6 Å². The van der Waals surface area contributed by atoms with Crippen LogP contribution in [0.2, 0.25) is 0 Å². The van der Waals surface area contributed by atoms with Crippen LogP contribution >= 0.6 is 0 Å². The molecule has 1 atom stereocenters. The molecule has 0 spiro atoms. The van der Waals surface area contributed by atoms with Crippen molar-refractivity contribution in [2.24, 2.45) is 0 Å². The van der Waals surface area contributed by atoms with E-state index >= 15 is 0 Å². The minimum absolute atomic E-state index is 0.148. The molecule has 2 aliphatic rings. The molecule has 1 aliphatic carbocycles. The zero-order chi connectivity index (χ0) is 21.8. The van der Waals surface area contributed by atoms with Crippen molar-refractivity contribution in [3.63, 3.8) is 0 Å². The van der Waals surface area contributed by atoms with E-state index in [2.05, 4.69) is 87.9 Å². The summed E-state index contributed by atoms with van der Waals surface area (Å²) >= 11 is 0. The number of rotatable bonds is 7. The average Bonchev–Trinajstić information content (AvgIpc) is 3.67. The molecule has 4 nitrogen and oxygen atoms in total. The number of amides is 1. The molecular weight excluding hydrogens is 394 g/mol. The maximum Gasteiger partial charge on any atom is 0.242 e. The van der Waals surface area contributed by atoms with Crippen molar-refractivity contribution < 1.29 is 4.79 Å². The van der Waals surface area contributed by atoms with Gasteiger partial charge in [0.1, 0.15) is 6.04 Å². The van der Waals surface area contributed by atoms with E-state index in [1.54, 1.807) is 0 Å². The first-order valence-electron chi connectivity index (χ1n) is 11.7. The summed E-state index contributed by atoms with van der Waals surface area (Å²) in [6, 6.07) is 32.2.